The zero-order chi connectivity index (χ0) is 14.5. The van der Waals surface area contributed by atoms with Gasteiger partial charge in [-0.05, 0) is 50.1 Å². The maximum absolute atomic E-state index is 13.6. The third-order valence-electron chi connectivity index (χ3n) is 3.50. The van der Waals surface area contributed by atoms with Crippen molar-refractivity contribution in [3.8, 4) is 0 Å². The lowest BCUT2D eigenvalue weighted by atomic mass is 10.00. The Labute approximate surface area is 119 Å². The van der Waals surface area contributed by atoms with Crippen molar-refractivity contribution in [2.75, 3.05) is 6.54 Å². The molecule has 0 radical (unpaired) electrons. The molecule has 20 heavy (non-hydrogen) atoms. The normalized spacial score (nSPS) is 12.6. The molecule has 1 aromatic heterocycles. The molecule has 108 valence electrons. The maximum Gasteiger partial charge on any atom is 0.130 e. The Morgan fingerprint density at radius 2 is 2.15 bits per heavy atom. The summed E-state index contributed by atoms with van der Waals surface area (Å²) in [6.07, 6.45) is 4.79. The standard InChI is InChI=1S/C16H22FN3/c1-4-8-18-15(16-19-9-10-20(16)5-2)14-11-13(17)7-6-12(14)3/h6-7,9-11,15,18H,4-5,8H2,1-3H3. The van der Waals surface area contributed by atoms with Crippen molar-refractivity contribution in [2.45, 2.75) is 39.8 Å². The van der Waals surface area contributed by atoms with Gasteiger partial charge < -0.3 is 9.88 Å². The molecule has 1 heterocycles. The Morgan fingerprint density at radius 1 is 1.35 bits per heavy atom. The quantitative estimate of drug-likeness (QED) is 0.875. The zero-order valence-electron chi connectivity index (χ0n) is 12.4. The first-order chi connectivity index (χ1) is 9.67. The summed E-state index contributed by atoms with van der Waals surface area (Å²) in [4.78, 5) is 4.47. The summed E-state index contributed by atoms with van der Waals surface area (Å²) in [5.41, 5.74) is 2.03. The molecule has 0 saturated carbocycles. The Morgan fingerprint density at radius 3 is 2.85 bits per heavy atom. The Hall–Kier alpha value is -1.68. The van der Waals surface area contributed by atoms with Crippen LogP contribution in [0.25, 0.3) is 0 Å². The molecule has 0 aliphatic carbocycles. The molecule has 1 unspecified atom stereocenters. The highest BCUT2D eigenvalue weighted by molar-refractivity contribution is 5.33. The van der Waals surface area contributed by atoms with E-state index in [2.05, 4.69) is 28.7 Å². The number of imidazole rings is 1. The minimum absolute atomic E-state index is 0.0689. The molecular weight excluding hydrogens is 253 g/mol. The molecular formula is C16H22FN3. The summed E-state index contributed by atoms with van der Waals surface area (Å²) in [5, 5.41) is 3.48. The van der Waals surface area contributed by atoms with Gasteiger partial charge in [0.25, 0.3) is 0 Å². The second-order valence-corrected chi connectivity index (χ2v) is 4.96. The molecule has 2 rings (SSSR count). The SMILES string of the molecule is CCCNC(c1cc(F)ccc1C)c1nccn1CC. The maximum atomic E-state index is 13.6. The van der Waals surface area contributed by atoms with Crippen molar-refractivity contribution >= 4 is 0 Å². The number of rotatable bonds is 6. The lowest BCUT2D eigenvalue weighted by Gasteiger charge is -2.21. The van der Waals surface area contributed by atoms with E-state index < -0.39 is 0 Å². The van der Waals surface area contributed by atoms with E-state index in [-0.39, 0.29) is 11.9 Å². The van der Waals surface area contributed by atoms with Gasteiger partial charge in [0.05, 0.1) is 6.04 Å². The fraction of sp³-hybridized carbons (Fsp3) is 0.438. The fourth-order valence-corrected chi connectivity index (χ4v) is 2.40. The Kier molecular flexibility index (Phi) is 4.90. The molecule has 0 spiro atoms. The van der Waals surface area contributed by atoms with Crippen molar-refractivity contribution in [2.24, 2.45) is 0 Å². The highest BCUT2D eigenvalue weighted by Gasteiger charge is 2.20. The smallest absolute Gasteiger partial charge is 0.130 e. The average Bonchev–Trinajstić information content (AvgIpc) is 2.91. The number of hydrogen-bond donors (Lipinski definition) is 1. The zero-order valence-corrected chi connectivity index (χ0v) is 12.4. The molecule has 3 nitrogen and oxygen atoms in total. The number of nitrogens with one attached hydrogen (secondary N) is 1. The van der Waals surface area contributed by atoms with E-state index in [4.69, 9.17) is 0 Å². The van der Waals surface area contributed by atoms with Crippen LogP contribution in [0.1, 0.15) is 43.3 Å². The predicted octanol–water partition coefficient (Wildman–Crippen LogP) is 3.44. The monoisotopic (exact) mass is 275 g/mol. The second-order valence-electron chi connectivity index (χ2n) is 4.96. The molecule has 0 amide bonds. The highest BCUT2D eigenvalue weighted by atomic mass is 19.1. The molecule has 0 aliphatic rings. The van der Waals surface area contributed by atoms with Crippen LogP contribution >= 0.6 is 0 Å². The summed E-state index contributed by atoms with van der Waals surface area (Å²) in [5.74, 6) is 0.734. The van der Waals surface area contributed by atoms with Gasteiger partial charge in [0.1, 0.15) is 11.6 Å². The van der Waals surface area contributed by atoms with Crippen LogP contribution in [-0.2, 0) is 6.54 Å². The van der Waals surface area contributed by atoms with Crippen LogP contribution in [0.3, 0.4) is 0 Å². The molecule has 0 fully saturated rings. The summed E-state index contributed by atoms with van der Waals surface area (Å²) in [6.45, 7) is 7.94. The fourth-order valence-electron chi connectivity index (χ4n) is 2.40. The average molecular weight is 275 g/mol. The lowest BCUT2D eigenvalue weighted by molar-refractivity contribution is 0.535. The largest absolute Gasteiger partial charge is 0.334 e. The number of halogens is 1. The van der Waals surface area contributed by atoms with Crippen LogP contribution in [-0.4, -0.2) is 16.1 Å². The predicted molar refractivity (Wildman–Crippen MR) is 79.2 cm³/mol. The van der Waals surface area contributed by atoms with Crippen molar-refractivity contribution in [1.82, 2.24) is 14.9 Å². The summed E-state index contributed by atoms with van der Waals surface area (Å²) in [6, 6.07) is 4.87. The number of hydrogen-bond acceptors (Lipinski definition) is 2. The van der Waals surface area contributed by atoms with E-state index in [9.17, 15) is 4.39 Å². The molecule has 0 bridgehead atoms. The third kappa shape index (κ3) is 3.07. The first kappa shape index (κ1) is 14.7. The van der Waals surface area contributed by atoms with E-state index in [0.717, 1.165) is 36.5 Å². The molecule has 1 N–H and O–H groups in total. The molecule has 0 aliphatic heterocycles. The van der Waals surface area contributed by atoms with Crippen LogP contribution in [0.5, 0.6) is 0 Å². The van der Waals surface area contributed by atoms with E-state index in [1.165, 1.54) is 6.07 Å². The molecule has 0 saturated heterocycles. The van der Waals surface area contributed by atoms with Gasteiger partial charge in [0.15, 0.2) is 0 Å². The van der Waals surface area contributed by atoms with E-state index in [1.807, 2.05) is 19.2 Å². The van der Waals surface area contributed by atoms with Crippen molar-refractivity contribution in [1.29, 1.82) is 0 Å². The van der Waals surface area contributed by atoms with E-state index in [0.29, 0.717) is 0 Å². The highest BCUT2D eigenvalue weighted by Crippen LogP contribution is 2.25. The van der Waals surface area contributed by atoms with Gasteiger partial charge in [0, 0.05) is 18.9 Å². The molecule has 2 aromatic rings. The Balaban J connectivity index is 2.44. The number of nitrogens with zero attached hydrogens (tertiary/aromatic N) is 2. The van der Waals surface area contributed by atoms with Crippen molar-refractivity contribution < 1.29 is 4.39 Å². The van der Waals surface area contributed by atoms with Crippen molar-refractivity contribution in [3.63, 3.8) is 0 Å². The molecule has 1 aromatic carbocycles. The first-order valence-corrected chi connectivity index (χ1v) is 7.17. The van der Waals surface area contributed by atoms with Gasteiger partial charge in [-0.3, -0.25) is 0 Å². The summed E-state index contributed by atoms with van der Waals surface area (Å²) in [7, 11) is 0. The van der Waals surface area contributed by atoms with Gasteiger partial charge in [-0.1, -0.05) is 13.0 Å². The van der Waals surface area contributed by atoms with Crippen molar-refractivity contribution in [3.05, 3.63) is 53.4 Å². The van der Waals surface area contributed by atoms with Gasteiger partial charge in [-0.2, -0.15) is 0 Å². The summed E-state index contributed by atoms with van der Waals surface area (Å²) >= 11 is 0. The topological polar surface area (TPSA) is 29.9 Å². The number of aromatic nitrogens is 2. The molecule has 4 heteroatoms. The van der Waals surface area contributed by atoms with E-state index in [1.54, 1.807) is 12.3 Å². The van der Waals surface area contributed by atoms with Gasteiger partial charge in [-0.25, -0.2) is 9.37 Å². The van der Waals surface area contributed by atoms with Gasteiger partial charge in [0.2, 0.25) is 0 Å². The molecule has 1 atom stereocenters. The summed E-state index contributed by atoms with van der Waals surface area (Å²) < 4.78 is 15.7. The van der Waals surface area contributed by atoms with Crippen LogP contribution < -0.4 is 5.32 Å². The number of benzene rings is 1. The van der Waals surface area contributed by atoms with Crippen LogP contribution in [0.2, 0.25) is 0 Å². The van der Waals surface area contributed by atoms with Crippen LogP contribution in [0, 0.1) is 12.7 Å². The Bertz CT molecular complexity index is 563. The number of aryl methyl sites for hydroxylation is 2. The van der Waals surface area contributed by atoms with Gasteiger partial charge in [-0.15, -0.1) is 0 Å². The minimum Gasteiger partial charge on any atom is -0.334 e. The van der Waals surface area contributed by atoms with Crippen LogP contribution in [0.15, 0.2) is 30.6 Å². The van der Waals surface area contributed by atoms with E-state index >= 15 is 0 Å². The second kappa shape index (κ2) is 6.66. The van der Waals surface area contributed by atoms with Gasteiger partial charge >= 0.3 is 0 Å². The lowest BCUT2D eigenvalue weighted by Crippen LogP contribution is -2.27. The van der Waals surface area contributed by atoms with Crippen LogP contribution in [0.4, 0.5) is 4.39 Å². The first-order valence-electron chi connectivity index (χ1n) is 7.17. The minimum atomic E-state index is -0.205. The third-order valence-corrected chi connectivity index (χ3v) is 3.50.